The normalized spacial score (nSPS) is 24.1. The SMILES string of the molecule is CCCCN(c1nc(N(CCCC)C2CC(C)(C)N(OC)C(C)(C)C2)nc(N(CCCC)C2CC(C)(C)N(OC)C(C)(C)C2)n1)C1CC(C)(C)N(OC)C(C)(C)C1. The van der Waals surface area contributed by atoms with E-state index < -0.39 is 0 Å². The molecule has 1 aromatic heterocycles. The van der Waals surface area contributed by atoms with Gasteiger partial charge in [0.1, 0.15) is 0 Å². The van der Waals surface area contributed by atoms with E-state index in [-0.39, 0.29) is 51.4 Å². The molecular formula is C45H87N9O3. The maximum atomic E-state index is 6.08. The lowest BCUT2D eigenvalue weighted by Crippen LogP contribution is -2.64. The molecule has 0 unspecified atom stereocenters. The molecule has 4 rings (SSSR count). The summed E-state index contributed by atoms with van der Waals surface area (Å²) in [5.74, 6) is 2.44. The number of piperidine rings is 3. The molecule has 0 spiro atoms. The smallest absolute Gasteiger partial charge is 0.232 e. The van der Waals surface area contributed by atoms with Gasteiger partial charge in [-0.1, -0.05) is 40.0 Å². The summed E-state index contributed by atoms with van der Waals surface area (Å²) < 4.78 is 0. The van der Waals surface area contributed by atoms with E-state index in [0.29, 0.717) is 0 Å². The van der Waals surface area contributed by atoms with E-state index in [0.717, 1.165) is 115 Å². The van der Waals surface area contributed by atoms with Crippen LogP contribution in [0.5, 0.6) is 0 Å². The van der Waals surface area contributed by atoms with E-state index in [1.54, 1.807) is 0 Å². The van der Waals surface area contributed by atoms with Gasteiger partial charge >= 0.3 is 0 Å². The lowest BCUT2D eigenvalue weighted by molar-refractivity contribution is -0.266. The molecule has 57 heavy (non-hydrogen) atoms. The summed E-state index contributed by atoms with van der Waals surface area (Å²) >= 11 is 0. The third-order valence-electron chi connectivity index (χ3n) is 13.2. The molecule has 0 radical (unpaired) electrons. The first-order chi connectivity index (χ1) is 26.4. The van der Waals surface area contributed by atoms with Gasteiger partial charge in [0, 0.05) is 71.0 Å². The van der Waals surface area contributed by atoms with Crippen molar-refractivity contribution in [1.82, 2.24) is 30.1 Å². The molecule has 0 amide bonds. The molecule has 0 aliphatic carbocycles. The van der Waals surface area contributed by atoms with Crippen LogP contribution in [0.25, 0.3) is 0 Å². The summed E-state index contributed by atoms with van der Waals surface area (Å²) in [5, 5.41) is 6.64. The Labute approximate surface area is 349 Å². The maximum absolute atomic E-state index is 6.08. The van der Waals surface area contributed by atoms with Crippen LogP contribution in [0.4, 0.5) is 17.8 Å². The molecule has 1 aromatic rings. The first-order valence-electron chi connectivity index (χ1n) is 22.5. The van der Waals surface area contributed by atoms with Crippen LogP contribution >= 0.6 is 0 Å². The number of hydroxylamine groups is 6. The minimum atomic E-state index is -0.177. The summed E-state index contributed by atoms with van der Waals surface area (Å²) in [4.78, 5) is 42.8. The van der Waals surface area contributed by atoms with E-state index in [9.17, 15) is 0 Å². The number of nitrogens with zero attached hydrogens (tertiary/aromatic N) is 9. The van der Waals surface area contributed by atoms with Crippen molar-refractivity contribution in [3.05, 3.63) is 0 Å². The van der Waals surface area contributed by atoms with Gasteiger partial charge in [-0.2, -0.15) is 30.1 Å². The fourth-order valence-corrected chi connectivity index (χ4v) is 11.8. The fourth-order valence-electron chi connectivity index (χ4n) is 11.8. The van der Waals surface area contributed by atoms with Gasteiger partial charge in [-0.3, -0.25) is 0 Å². The molecule has 3 aliphatic rings. The van der Waals surface area contributed by atoms with Gasteiger partial charge < -0.3 is 29.2 Å². The van der Waals surface area contributed by atoms with Crippen molar-refractivity contribution in [1.29, 1.82) is 0 Å². The van der Waals surface area contributed by atoms with E-state index in [4.69, 9.17) is 29.5 Å². The first kappa shape index (κ1) is 47.8. The molecule has 3 saturated heterocycles. The maximum Gasteiger partial charge on any atom is 0.232 e. The topological polar surface area (TPSA) is 85.8 Å². The quantitative estimate of drug-likeness (QED) is 0.142. The Morgan fingerprint density at radius 1 is 0.421 bits per heavy atom. The zero-order chi connectivity index (χ0) is 42.8. The second-order valence-corrected chi connectivity index (χ2v) is 21.4. The molecule has 0 atom stereocenters. The minimum absolute atomic E-state index is 0.177. The van der Waals surface area contributed by atoms with Gasteiger partial charge in [0.2, 0.25) is 17.8 Å². The van der Waals surface area contributed by atoms with Gasteiger partial charge in [0.25, 0.3) is 0 Å². The predicted octanol–water partition coefficient (Wildman–Crippen LogP) is 9.44. The molecular weight excluding hydrogens is 715 g/mol. The number of rotatable bonds is 18. The molecule has 0 saturated carbocycles. The summed E-state index contributed by atoms with van der Waals surface area (Å²) in [6.07, 6.45) is 12.2. The molecule has 0 N–H and O–H groups in total. The summed E-state index contributed by atoms with van der Waals surface area (Å²) in [7, 11) is 5.45. The standard InChI is InChI=1S/C45H87N9O3/c1-19-22-25-49(34-28-40(4,5)52(55-16)41(6,7)29-34)37-46-38(50(26-23-20-2)35-30-42(8,9)53(56-17)43(10,11)31-35)48-39(47-37)51(27-24-21-3)36-32-44(12,13)54(57-18)45(14,15)33-36/h34-36H,19-33H2,1-18H3. The average Bonchev–Trinajstić information content (AvgIpc) is 3.06. The third kappa shape index (κ3) is 10.6. The van der Waals surface area contributed by atoms with Crippen LogP contribution in [0.2, 0.25) is 0 Å². The monoisotopic (exact) mass is 802 g/mol. The van der Waals surface area contributed by atoms with Crippen LogP contribution in [0.15, 0.2) is 0 Å². The van der Waals surface area contributed by atoms with Gasteiger partial charge in [-0.05, 0) is 141 Å². The van der Waals surface area contributed by atoms with Crippen molar-refractivity contribution >= 4 is 17.8 Å². The zero-order valence-electron chi connectivity index (χ0n) is 40.1. The Balaban J connectivity index is 1.98. The summed E-state index contributed by atoms with van der Waals surface area (Å²) in [6, 6.07) is 0.694. The van der Waals surface area contributed by atoms with Crippen LogP contribution in [0.3, 0.4) is 0 Å². The Bertz CT molecular complexity index is 1200. The molecule has 3 fully saturated rings. The number of unbranched alkanes of at least 4 members (excludes halogenated alkanes) is 3. The van der Waals surface area contributed by atoms with Crippen molar-refractivity contribution in [3.8, 4) is 0 Å². The first-order valence-corrected chi connectivity index (χ1v) is 22.5. The Morgan fingerprint density at radius 3 is 0.772 bits per heavy atom. The van der Waals surface area contributed by atoms with Crippen LogP contribution in [-0.4, -0.2) is 122 Å². The van der Waals surface area contributed by atoms with Gasteiger partial charge in [0.15, 0.2) is 0 Å². The zero-order valence-corrected chi connectivity index (χ0v) is 40.1. The van der Waals surface area contributed by atoms with Gasteiger partial charge in [-0.15, -0.1) is 0 Å². The Hall–Kier alpha value is -1.83. The van der Waals surface area contributed by atoms with Crippen molar-refractivity contribution in [2.75, 3.05) is 55.7 Å². The molecule has 4 heterocycles. The highest BCUT2D eigenvalue weighted by molar-refractivity contribution is 5.49. The molecule has 330 valence electrons. The van der Waals surface area contributed by atoms with Crippen molar-refractivity contribution in [3.63, 3.8) is 0 Å². The van der Waals surface area contributed by atoms with Crippen molar-refractivity contribution < 1.29 is 14.5 Å². The molecule has 0 aromatic carbocycles. The molecule has 3 aliphatic heterocycles. The molecule has 12 nitrogen and oxygen atoms in total. The lowest BCUT2D eigenvalue weighted by Gasteiger charge is -2.56. The van der Waals surface area contributed by atoms with E-state index in [1.165, 1.54) is 0 Å². The van der Waals surface area contributed by atoms with Crippen molar-refractivity contribution in [2.45, 2.75) is 232 Å². The Morgan fingerprint density at radius 2 is 0.614 bits per heavy atom. The van der Waals surface area contributed by atoms with Gasteiger partial charge in [-0.25, -0.2) is 0 Å². The van der Waals surface area contributed by atoms with Crippen LogP contribution in [-0.2, 0) is 14.5 Å². The number of hydrogen-bond acceptors (Lipinski definition) is 12. The highest BCUT2D eigenvalue weighted by Gasteiger charge is 2.51. The summed E-state index contributed by atoms with van der Waals surface area (Å²) in [6.45, 7) is 37.3. The Kier molecular flexibility index (Phi) is 15.5. The minimum Gasteiger partial charge on any atom is -0.337 e. The molecule has 0 bridgehead atoms. The van der Waals surface area contributed by atoms with Crippen LogP contribution < -0.4 is 14.7 Å². The predicted molar refractivity (Wildman–Crippen MR) is 237 cm³/mol. The highest BCUT2D eigenvalue weighted by Crippen LogP contribution is 2.45. The van der Waals surface area contributed by atoms with Crippen LogP contribution in [0, 0.1) is 0 Å². The average molecular weight is 802 g/mol. The molecule has 12 heteroatoms. The largest absolute Gasteiger partial charge is 0.337 e. The second kappa shape index (κ2) is 18.4. The van der Waals surface area contributed by atoms with E-state index in [2.05, 4.69) is 134 Å². The van der Waals surface area contributed by atoms with Crippen LogP contribution in [0.1, 0.15) is 181 Å². The highest BCUT2D eigenvalue weighted by atomic mass is 16.7. The van der Waals surface area contributed by atoms with E-state index >= 15 is 0 Å². The number of anilines is 3. The number of aromatic nitrogens is 3. The lowest BCUT2D eigenvalue weighted by atomic mass is 9.78. The van der Waals surface area contributed by atoms with Gasteiger partial charge in [0.05, 0.1) is 21.3 Å². The summed E-state index contributed by atoms with van der Waals surface area (Å²) in [5.41, 5.74) is -1.06. The van der Waals surface area contributed by atoms with Crippen molar-refractivity contribution in [2.24, 2.45) is 0 Å². The fraction of sp³-hybridized carbons (Fsp3) is 0.933. The third-order valence-corrected chi connectivity index (χ3v) is 13.2. The number of hydrogen-bond donors (Lipinski definition) is 0. The second-order valence-electron chi connectivity index (χ2n) is 21.4. The van der Waals surface area contributed by atoms with E-state index in [1.807, 2.05) is 21.3 Å².